The Labute approximate surface area is 159 Å². The summed E-state index contributed by atoms with van der Waals surface area (Å²) in [6.07, 6.45) is 4.46. The lowest BCUT2D eigenvalue weighted by molar-refractivity contribution is 0.101. The molecule has 0 bridgehead atoms. The summed E-state index contributed by atoms with van der Waals surface area (Å²) in [6.45, 7) is 0. The number of hydrogen-bond donors (Lipinski definition) is 2. The summed E-state index contributed by atoms with van der Waals surface area (Å²) in [5.74, 6) is -0.179. The third kappa shape index (κ3) is 3.57. The Balaban J connectivity index is 1.42. The minimum atomic E-state index is -0.123. The van der Waals surface area contributed by atoms with Crippen molar-refractivity contribution in [2.45, 2.75) is 25.7 Å². The highest BCUT2D eigenvalue weighted by atomic mass is 32.1. The monoisotopic (exact) mass is 382 g/mol. The van der Waals surface area contributed by atoms with Gasteiger partial charge in [-0.05, 0) is 67.0 Å². The Morgan fingerprint density at radius 1 is 0.846 bits per heavy atom. The molecular formula is C20H18N2O2S2. The predicted molar refractivity (Wildman–Crippen MR) is 108 cm³/mol. The molecule has 1 aliphatic rings. The van der Waals surface area contributed by atoms with Gasteiger partial charge < -0.3 is 10.6 Å². The van der Waals surface area contributed by atoms with Crippen LogP contribution >= 0.6 is 22.7 Å². The van der Waals surface area contributed by atoms with Gasteiger partial charge in [-0.2, -0.15) is 0 Å². The van der Waals surface area contributed by atoms with Crippen molar-refractivity contribution < 1.29 is 9.59 Å². The highest BCUT2D eigenvalue weighted by molar-refractivity contribution is 7.12. The van der Waals surface area contributed by atoms with Crippen molar-refractivity contribution in [3.05, 3.63) is 68.0 Å². The molecular weight excluding hydrogens is 364 g/mol. The van der Waals surface area contributed by atoms with Gasteiger partial charge in [-0.15, -0.1) is 22.7 Å². The zero-order valence-electron chi connectivity index (χ0n) is 14.1. The normalized spacial score (nSPS) is 13.1. The Morgan fingerprint density at radius 3 is 2.23 bits per heavy atom. The average Bonchev–Trinajstić information content (AvgIpc) is 3.33. The molecule has 26 heavy (non-hydrogen) atoms. The van der Waals surface area contributed by atoms with Crippen molar-refractivity contribution >= 4 is 45.9 Å². The molecule has 0 fully saturated rings. The molecule has 4 rings (SSSR count). The Kier molecular flexibility index (Phi) is 4.86. The molecule has 2 heterocycles. The Morgan fingerprint density at radius 2 is 1.54 bits per heavy atom. The maximum Gasteiger partial charge on any atom is 0.265 e. The van der Waals surface area contributed by atoms with Crippen LogP contribution < -0.4 is 10.6 Å². The maximum atomic E-state index is 12.6. The molecule has 0 unspecified atom stereocenters. The maximum absolute atomic E-state index is 12.6. The Bertz CT molecular complexity index is 927. The van der Waals surface area contributed by atoms with Gasteiger partial charge in [0.05, 0.1) is 10.4 Å². The fraction of sp³-hybridized carbons (Fsp3) is 0.200. The van der Waals surface area contributed by atoms with Gasteiger partial charge in [0.1, 0.15) is 0 Å². The van der Waals surface area contributed by atoms with E-state index in [0.717, 1.165) is 30.5 Å². The molecule has 132 valence electrons. The van der Waals surface area contributed by atoms with Crippen LogP contribution in [0.15, 0.2) is 47.2 Å². The zero-order chi connectivity index (χ0) is 17.9. The number of thiophene rings is 2. The summed E-state index contributed by atoms with van der Waals surface area (Å²) >= 11 is 3.09. The SMILES string of the molecule is O=C(Nc1ccc(NC(=O)c2csc3c2CCCC3)cc1)c1cccs1. The number of nitrogens with one attached hydrogen (secondary N) is 2. The van der Waals surface area contributed by atoms with E-state index in [2.05, 4.69) is 10.6 Å². The molecule has 4 nitrogen and oxygen atoms in total. The summed E-state index contributed by atoms with van der Waals surface area (Å²) in [6, 6.07) is 10.8. The van der Waals surface area contributed by atoms with E-state index in [1.807, 2.05) is 16.8 Å². The van der Waals surface area contributed by atoms with Crippen molar-refractivity contribution in [2.24, 2.45) is 0 Å². The van der Waals surface area contributed by atoms with Gasteiger partial charge in [0.2, 0.25) is 0 Å². The number of hydrogen-bond acceptors (Lipinski definition) is 4. The second-order valence-electron chi connectivity index (χ2n) is 6.22. The number of carbonyl (C=O) groups is 2. The van der Waals surface area contributed by atoms with Crippen molar-refractivity contribution in [3.8, 4) is 0 Å². The molecule has 0 saturated heterocycles. The first-order valence-corrected chi connectivity index (χ1v) is 10.3. The topological polar surface area (TPSA) is 58.2 Å². The van der Waals surface area contributed by atoms with Crippen LogP contribution in [0.5, 0.6) is 0 Å². The molecule has 0 radical (unpaired) electrons. The predicted octanol–water partition coefficient (Wildman–Crippen LogP) is 5.19. The van der Waals surface area contributed by atoms with Crippen molar-refractivity contribution in [2.75, 3.05) is 10.6 Å². The number of rotatable bonds is 4. The Hall–Kier alpha value is -2.44. The van der Waals surface area contributed by atoms with Gasteiger partial charge in [0, 0.05) is 21.6 Å². The lowest BCUT2D eigenvalue weighted by atomic mass is 9.95. The number of carbonyl (C=O) groups excluding carboxylic acids is 2. The summed E-state index contributed by atoms with van der Waals surface area (Å²) in [7, 11) is 0. The van der Waals surface area contributed by atoms with Gasteiger partial charge in [-0.25, -0.2) is 0 Å². The molecule has 0 atom stereocenters. The van der Waals surface area contributed by atoms with Crippen LogP contribution in [0.3, 0.4) is 0 Å². The van der Waals surface area contributed by atoms with E-state index in [1.165, 1.54) is 28.2 Å². The van der Waals surface area contributed by atoms with E-state index < -0.39 is 0 Å². The number of aryl methyl sites for hydroxylation is 1. The molecule has 0 aliphatic heterocycles. The highest BCUT2D eigenvalue weighted by Gasteiger charge is 2.20. The van der Waals surface area contributed by atoms with E-state index >= 15 is 0 Å². The van der Waals surface area contributed by atoms with Crippen LogP contribution in [0.2, 0.25) is 0 Å². The van der Waals surface area contributed by atoms with E-state index in [0.29, 0.717) is 10.6 Å². The van der Waals surface area contributed by atoms with E-state index in [4.69, 9.17) is 0 Å². The fourth-order valence-electron chi connectivity index (χ4n) is 3.12. The minimum absolute atomic E-state index is 0.0558. The molecule has 2 amide bonds. The zero-order valence-corrected chi connectivity index (χ0v) is 15.7. The van der Waals surface area contributed by atoms with Gasteiger partial charge in [-0.1, -0.05) is 6.07 Å². The number of benzene rings is 1. The van der Waals surface area contributed by atoms with Gasteiger partial charge in [0.15, 0.2) is 0 Å². The average molecular weight is 383 g/mol. The van der Waals surface area contributed by atoms with E-state index in [9.17, 15) is 9.59 Å². The molecule has 2 N–H and O–H groups in total. The molecule has 3 aromatic rings. The first-order chi connectivity index (χ1) is 12.7. The van der Waals surface area contributed by atoms with Crippen LogP contribution in [-0.4, -0.2) is 11.8 Å². The lowest BCUT2D eigenvalue weighted by Crippen LogP contribution is -2.14. The summed E-state index contributed by atoms with van der Waals surface area (Å²) in [4.78, 5) is 26.7. The smallest absolute Gasteiger partial charge is 0.265 e. The fourth-order valence-corrected chi connectivity index (χ4v) is 4.86. The summed E-state index contributed by atoms with van der Waals surface area (Å²) < 4.78 is 0. The molecule has 0 saturated carbocycles. The summed E-state index contributed by atoms with van der Waals surface area (Å²) in [5.41, 5.74) is 3.45. The van der Waals surface area contributed by atoms with Crippen LogP contribution in [0.25, 0.3) is 0 Å². The molecule has 1 aromatic carbocycles. The van der Waals surface area contributed by atoms with Crippen LogP contribution in [0, 0.1) is 0 Å². The van der Waals surface area contributed by atoms with Gasteiger partial charge in [0.25, 0.3) is 11.8 Å². The van der Waals surface area contributed by atoms with Crippen LogP contribution in [0.4, 0.5) is 11.4 Å². The first-order valence-electron chi connectivity index (χ1n) is 8.56. The van der Waals surface area contributed by atoms with E-state index in [-0.39, 0.29) is 11.8 Å². The second-order valence-corrected chi connectivity index (χ2v) is 8.13. The van der Waals surface area contributed by atoms with Gasteiger partial charge >= 0.3 is 0 Å². The largest absolute Gasteiger partial charge is 0.322 e. The third-order valence-electron chi connectivity index (χ3n) is 4.45. The number of amides is 2. The molecule has 0 spiro atoms. The lowest BCUT2D eigenvalue weighted by Gasteiger charge is -2.13. The van der Waals surface area contributed by atoms with Crippen molar-refractivity contribution in [1.82, 2.24) is 0 Å². The number of anilines is 2. The van der Waals surface area contributed by atoms with Crippen molar-refractivity contribution in [1.29, 1.82) is 0 Å². The quantitative estimate of drug-likeness (QED) is 0.652. The van der Waals surface area contributed by atoms with Crippen LogP contribution in [-0.2, 0) is 12.8 Å². The minimum Gasteiger partial charge on any atom is -0.322 e. The molecule has 2 aromatic heterocycles. The molecule has 1 aliphatic carbocycles. The van der Waals surface area contributed by atoms with Gasteiger partial charge in [-0.3, -0.25) is 9.59 Å². The highest BCUT2D eigenvalue weighted by Crippen LogP contribution is 2.30. The van der Waals surface area contributed by atoms with Crippen molar-refractivity contribution in [3.63, 3.8) is 0 Å². The number of fused-ring (bicyclic) bond motifs is 1. The summed E-state index contributed by atoms with van der Waals surface area (Å²) in [5, 5.41) is 9.66. The third-order valence-corrected chi connectivity index (χ3v) is 6.41. The molecule has 6 heteroatoms. The van der Waals surface area contributed by atoms with E-state index in [1.54, 1.807) is 41.7 Å². The van der Waals surface area contributed by atoms with Crippen LogP contribution in [0.1, 0.15) is 43.3 Å². The first kappa shape index (κ1) is 17.0. The second kappa shape index (κ2) is 7.43. The standard InChI is InChI=1S/C20H18N2O2S2/c23-19(16-12-26-17-5-2-1-4-15(16)17)21-13-7-9-14(10-8-13)22-20(24)18-6-3-11-25-18/h3,6-12H,1-2,4-5H2,(H,21,23)(H,22,24).